The van der Waals surface area contributed by atoms with Crippen LogP contribution < -0.4 is 5.32 Å². The lowest BCUT2D eigenvalue weighted by atomic mass is 9.93. The van der Waals surface area contributed by atoms with Crippen LogP contribution in [-0.2, 0) is 9.53 Å². The molecule has 2 aromatic carbocycles. The highest BCUT2D eigenvalue weighted by atomic mass is 16.5. The molecular formula is C18H18N2O5. The van der Waals surface area contributed by atoms with E-state index in [0.717, 1.165) is 16.0 Å². The fourth-order valence-corrected chi connectivity index (χ4v) is 2.97. The number of esters is 1. The van der Waals surface area contributed by atoms with Crippen LogP contribution in [0.2, 0.25) is 0 Å². The molecule has 130 valence electrons. The molecule has 0 fully saturated rings. The van der Waals surface area contributed by atoms with E-state index in [2.05, 4.69) is 5.32 Å². The van der Waals surface area contributed by atoms with Gasteiger partial charge in [-0.1, -0.05) is 12.1 Å². The van der Waals surface area contributed by atoms with Gasteiger partial charge in [0.2, 0.25) is 0 Å². The SMILES string of the molecule is CCOC(=O)CN1C(=O)c2cccc3c(NCCO)ccc(c23)C1=O. The summed E-state index contributed by atoms with van der Waals surface area (Å²) >= 11 is 0. The van der Waals surface area contributed by atoms with Crippen molar-refractivity contribution in [2.45, 2.75) is 6.92 Å². The number of nitrogens with zero attached hydrogens (tertiary/aromatic N) is 1. The van der Waals surface area contributed by atoms with Gasteiger partial charge in [0.05, 0.1) is 13.2 Å². The number of imide groups is 1. The summed E-state index contributed by atoms with van der Waals surface area (Å²) in [6, 6.07) is 8.52. The second-order valence-corrected chi connectivity index (χ2v) is 5.54. The summed E-state index contributed by atoms with van der Waals surface area (Å²) in [7, 11) is 0. The Hall–Kier alpha value is -2.93. The number of carbonyl (C=O) groups is 3. The number of rotatable bonds is 6. The highest BCUT2D eigenvalue weighted by Crippen LogP contribution is 2.34. The molecule has 2 amide bonds. The Morgan fingerprint density at radius 2 is 1.88 bits per heavy atom. The second kappa shape index (κ2) is 6.90. The van der Waals surface area contributed by atoms with Crippen molar-refractivity contribution >= 4 is 34.2 Å². The van der Waals surface area contributed by atoms with Crippen molar-refractivity contribution in [3.63, 3.8) is 0 Å². The Morgan fingerprint density at radius 1 is 1.16 bits per heavy atom. The maximum absolute atomic E-state index is 12.7. The quantitative estimate of drug-likeness (QED) is 0.609. The molecule has 0 saturated carbocycles. The molecule has 1 aliphatic rings. The van der Waals surface area contributed by atoms with Crippen LogP contribution in [0.3, 0.4) is 0 Å². The fraction of sp³-hybridized carbons (Fsp3) is 0.278. The highest BCUT2D eigenvalue weighted by molar-refractivity contribution is 6.27. The molecule has 25 heavy (non-hydrogen) atoms. The van der Waals surface area contributed by atoms with E-state index in [4.69, 9.17) is 9.84 Å². The van der Waals surface area contributed by atoms with Crippen molar-refractivity contribution in [1.82, 2.24) is 4.90 Å². The Morgan fingerprint density at radius 3 is 2.56 bits per heavy atom. The molecule has 0 bridgehead atoms. The lowest BCUT2D eigenvalue weighted by Crippen LogP contribution is -2.43. The fourth-order valence-electron chi connectivity index (χ4n) is 2.97. The molecule has 0 atom stereocenters. The van der Waals surface area contributed by atoms with Crippen molar-refractivity contribution in [3.05, 3.63) is 41.5 Å². The summed E-state index contributed by atoms with van der Waals surface area (Å²) in [4.78, 5) is 38.1. The normalized spacial score (nSPS) is 13.3. The van der Waals surface area contributed by atoms with Crippen molar-refractivity contribution < 1.29 is 24.2 Å². The number of aliphatic hydroxyl groups excluding tert-OH is 1. The van der Waals surface area contributed by atoms with Crippen LogP contribution in [0.1, 0.15) is 27.6 Å². The van der Waals surface area contributed by atoms with Gasteiger partial charge in [-0.2, -0.15) is 0 Å². The van der Waals surface area contributed by atoms with Crippen LogP contribution in [0.25, 0.3) is 10.8 Å². The van der Waals surface area contributed by atoms with Crippen molar-refractivity contribution in [2.24, 2.45) is 0 Å². The topological polar surface area (TPSA) is 95.9 Å². The molecule has 3 rings (SSSR count). The van der Waals surface area contributed by atoms with Crippen LogP contribution >= 0.6 is 0 Å². The van der Waals surface area contributed by atoms with Crippen LogP contribution in [0.5, 0.6) is 0 Å². The number of carbonyl (C=O) groups excluding carboxylic acids is 3. The van der Waals surface area contributed by atoms with Crippen LogP contribution in [0.4, 0.5) is 5.69 Å². The maximum Gasteiger partial charge on any atom is 0.326 e. The summed E-state index contributed by atoms with van der Waals surface area (Å²) < 4.78 is 4.85. The molecule has 1 heterocycles. The van der Waals surface area contributed by atoms with Gasteiger partial charge in [-0.25, -0.2) is 0 Å². The van der Waals surface area contributed by atoms with Gasteiger partial charge in [0.15, 0.2) is 0 Å². The number of hydrogen-bond donors (Lipinski definition) is 2. The lowest BCUT2D eigenvalue weighted by Gasteiger charge is -2.27. The zero-order valence-electron chi connectivity index (χ0n) is 13.7. The number of anilines is 1. The van der Waals surface area contributed by atoms with E-state index in [1.807, 2.05) is 6.07 Å². The van der Waals surface area contributed by atoms with Gasteiger partial charge >= 0.3 is 5.97 Å². The van der Waals surface area contributed by atoms with E-state index in [0.29, 0.717) is 23.1 Å². The van der Waals surface area contributed by atoms with Crippen molar-refractivity contribution in [2.75, 3.05) is 31.6 Å². The Labute approximate surface area is 144 Å². The summed E-state index contributed by atoms with van der Waals surface area (Å²) in [6.07, 6.45) is 0. The summed E-state index contributed by atoms with van der Waals surface area (Å²) in [5.74, 6) is -1.66. The zero-order valence-corrected chi connectivity index (χ0v) is 13.7. The average molecular weight is 342 g/mol. The minimum Gasteiger partial charge on any atom is -0.465 e. The van der Waals surface area contributed by atoms with Crippen LogP contribution in [0, 0.1) is 0 Å². The number of ether oxygens (including phenoxy) is 1. The molecule has 1 aliphatic heterocycles. The third-order valence-corrected chi connectivity index (χ3v) is 4.01. The largest absolute Gasteiger partial charge is 0.465 e. The highest BCUT2D eigenvalue weighted by Gasteiger charge is 2.34. The smallest absolute Gasteiger partial charge is 0.326 e. The van der Waals surface area contributed by atoms with E-state index in [1.54, 1.807) is 31.2 Å². The molecule has 0 spiro atoms. The Kier molecular flexibility index (Phi) is 4.67. The lowest BCUT2D eigenvalue weighted by molar-refractivity contribution is -0.143. The number of nitrogens with one attached hydrogen (secondary N) is 1. The first kappa shape index (κ1) is 16.9. The first-order valence-corrected chi connectivity index (χ1v) is 8.00. The number of aliphatic hydroxyl groups is 1. The molecule has 0 saturated heterocycles. The van der Waals surface area contributed by atoms with E-state index in [-0.39, 0.29) is 13.2 Å². The Balaban J connectivity index is 2.07. The van der Waals surface area contributed by atoms with E-state index in [9.17, 15) is 14.4 Å². The number of benzene rings is 2. The summed E-state index contributed by atoms with van der Waals surface area (Å²) in [5.41, 5.74) is 1.46. The number of hydrogen-bond acceptors (Lipinski definition) is 6. The standard InChI is InChI=1S/C18H18N2O5/c1-2-25-15(22)10-20-17(23)12-5-3-4-11-14(19-8-9-21)7-6-13(16(11)12)18(20)24/h3-7,19,21H,2,8-10H2,1H3. The van der Waals surface area contributed by atoms with Crippen molar-refractivity contribution in [1.29, 1.82) is 0 Å². The molecule has 2 aromatic rings. The van der Waals surface area contributed by atoms with Gasteiger partial charge < -0.3 is 15.2 Å². The predicted octanol–water partition coefficient (Wildman–Crippen LogP) is 1.40. The first-order chi connectivity index (χ1) is 12.1. The van der Waals surface area contributed by atoms with Crippen LogP contribution in [-0.4, -0.2) is 54.1 Å². The van der Waals surface area contributed by atoms with Gasteiger partial charge in [-0.3, -0.25) is 19.3 Å². The number of amides is 2. The van der Waals surface area contributed by atoms with E-state index >= 15 is 0 Å². The molecule has 0 radical (unpaired) electrons. The molecule has 0 aromatic heterocycles. The van der Waals surface area contributed by atoms with Gasteiger partial charge in [0, 0.05) is 34.1 Å². The van der Waals surface area contributed by atoms with E-state index in [1.165, 1.54) is 0 Å². The molecule has 7 heteroatoms. The monoisotopic (exact) mass is 342 g/mol. The minimum absolute atomic E-state index is 0.0336. The van der Waals surface area contributed by atoms with Gasteiger partial charge in [0.1, 0.15) is 6.54 Å². The average Bonchev–Trinajstić information content (AvgIpc) is 2.61. The molecule has 2 N–H and O–H groups in total. The molecule has 0 aliphatic carbocycles. The van der Waals surface area contributed by atoms with E-state index < -0.39 is 24.3 Å². The maximum atomic E-state index is 12.7. The third-order valence-electron chi connectivity index (χ3n) is 4.01. The minimum atomic E-state index is -0.624. The van der Waals surface area contributed by atoms with Gasteiger partial charge in [-0.15, -0.1) is 0 Å². The zero-order chi connectivity index (χ0) is 18.0. The Bertz CT molecular complexity index is 840. The predicted molar refractivity (Wildman–Crippen MR) is 91.5 cm³/mol. The van der Waals surface area contributed by atoms with Gasteiger partial charge in [-0.05, 0) is 25.1 Å². The third kappa shape index (κ3) is 2.94. The first-order valence-electron chi connectivity index (χ1n) is 8.00. The summed E-state index contributed by atoms with van der Waals surface area (Å²) in [5, 5.41) is 13.3. The molecule has 0 unspecified atom stereocenters. The van der Waals surface area contributed by atoms with Gasteiger partial charge in [0.25, 0.3) is 11.8 Å². The summed E-state index contributed by atoms with van der Waals surface area (Å²) in [6.45, 7) is 1.76. The van der Waals surface area contributed by atoms with Crippen molar-refractivity contribution in [3.8, 4) is 0 Å². The second-order valence-electron chi connectivity index (χ2n) is 5.54. The molecule has 7 nitrogen and oxygen atoms in total. The van der Waals surface area contributed by atoms with Crippen LogP contribution in [0.15, 0.2) is 30.3 Å². The molecular weight excluding hydrogens is 324 g/mol.